The van der Waals surface area contributed by atoms with Crippen LogP contribution in [0.3, 0.4) is 0 Å². The maximum Gasteiger partial charge on any atom is 0.340 e. The van der Waals surface area contributed by atoms with Crippen LogP contribution >= 0.6 is 15.9 Å². The minimum atomic E-state index is -0.411. The van der Waals surface area contributed by atoms with E-state index in [4.69, 9.17) is 10.5 Å². The minimum Gasteiger partial charge on any atom is -0.462 e. The molecule has 2 rings (SSSR count). The number of nitrogen functional groups attached to an aromatic ring is 1. The van der Waals surface area contributed by atoms with Gasteiger partial charge in [0.25, 0.3) is 0 Å². The van der Waals surface area contributed by atoms with Crippen molar-refractivity contribution in [3.63, 3.8) is 0 Å². The molecule has 0 aliphatic carbocycles. The molecule has 0 unspecified atom stereocenters. The van der Waals surface area contributed by atoms with E-state index in [1.165, 1.54) is 0 Å². The van der Waals surface area contributed by atoms with Gasteiger partial charge in [-0.05, 0) is 49.7 Å². The van der Waals surface area contributed by atoms with Gasteiger partial charge in [0.15, 0.2) is 0 Å². The zero-order valence-electron chi connectivity index (χ0n) is 11.9. The van der Waals surface area contributed by atoms with Gasteiger partial charge >= 0.3 is 5.97 Å². The summed E-state index contributed by atoms with van der Waals surface area (Å²) >= 11 is 3.43. The molecule has 0 radical (unpaired) electrons. The molecule has 0 aliphatic heterocycles. The molecule has 0 amide bonds. The molecule has 0 aliphatic rings. The van der Waals surface area contributed by atoms with Crippen LogP contribution in [0, 0.1) is 6.92 Å². The highest BCUT2D eigenvalue weighted by Crippen LogP contribution is 2.29. The maximum atomic E-state index is 11.8. The van der Waals surface area contributed by atoms with Gasteiger partial charge in [-0.25, -0.2) is 4.79 Å². The van der Waals surface area contributed by atoms with Crippen LogP contribution in [-0.4, -0.2) is 12.6 Å². The standard InChI is InChI=1S/C16H17BrN2O2/c1-3-21-16(20)12-5-4-6-14(15(12)18)19-13-8-7-11(17)9-10(13)2/h4-9,19H,3,18H2,1-2H3. The van der Waals surface area contributed by atoms with Crippen molar-refractivity contribution in [2.75, 3.05) is 17.7 Å². The van der Waals surface area contributed by atoms with E-state index in [-0.39, 0.29) is 0 Å². The largest absolute Gasteiger partial charge is 0.462 e. The Balaban J connectivity index is 2.32. The van der Waals surface area contributed by atoms with Gasteiger partial charge in [0.05, 0.1) is 23.5 Å². The summed E-state index contributed by atoms with van der Waals surface area (Å²) in [6.07, 6.45) is 0. The predicted octanol–water partition coefficient (Wildman–Crippen LogP) is 4.26. The molecular weight excluding hydrogens is 332 g/mol. The number of anilines is 3. The highest BCUT2D eigenvalue weighted by atomic mass is 79.9. The third-order valence-electron chi connectivity index (χ3n) is 3.06. The summed E-state index contributed by atoms with van der Waals surface area (Å²) in [7, 11) is 0. The summed E-state index contributed by atoms with van der Waals surface area (Å²) in [5.74, 6) is -0.411. The van der Waals surface area contributed by atoms with E-state index in [0.717, 1.165) is 15.7 Å². The van der Waals surface area contributed by atoms with E-state index in [9.17, 15) is 4.79 Å². The van der Waals surface area contributed by atoms with Crippen LogP contribution in [0.1, 0.15) is 22.8 Å². The lowest BCUT2D eigenvalue weighted by molar-refractivity contribution is 0.0527. The Morgan fingerprint density at radius 3 is 2.71 bits per heavy atom. The van der Waals surface area contributed by atoms with Gasteiger partial charge in [-0.1, -0.05) is 22.0 Å². The average molecular weight is 349 g/mol. The van der Waals surface area contributed by atoms with Gasteiger partial charge in [0.1, 0.15) is 0 Å². The highest BCUT2D eigenvalue weighted by molar-refractivity contribution is 9.10. The molecule has 0 saturated heterocycles. The van der Waals surface area contributed by atoms with E-state index in [1.807, 2.05) is 31.2 Å². The predicted molar refractivity (Wildman–Crippen MR) is 89.0 cm³/mol. The lowest BCUT2D eigenvalue weighted by Gasteiger charge is -2.14. The number of para-hydroxylation sites is 1. The van der Waals surface area contributed by atoms with Crippen molar-refractivity contribution in [2.45, 2.75) is 13.8 Å². The first kappa shape index (κ1) is 15.4. The average Bonchev–Trinajstić information content (AvgIpc) is 2.44. The summed E-state index contributed by atoms with van der Waals surface area (Å²) in [5.41, 5.74) is 9.53. The van der Waals surface area contributed by atoms with Crippen LogP contribution < -0.4 is 11.1 Å². The normalized spacial score (nSPS) is 10.2. The smallest absolute Gasteiger partial charge is 0.340 e. The molecule has 4 nitrogen and oxygen atoms in total. The molecule has 5 heteroatoms. The van der Waals surface area contributed by atoms with Gasteiger partial charge in [0, 0.05) is 10.2 Å². The van der Waals surface area contributed by atoms with Crippen molar-refractivity contribution >= 4 is 39.0 Å². The summed E-state index contributed by atoms with van der Waals surface area (Å²) in [4.78, 5) is 11.8. The zero-order valence-corrected chi connectivity index (χ0v) is 13.5. The Bertz CT molecular complexity index is 671. The number of carbonyl (C=O) groups is 1. The van der Waals surface area contributed by atoms with Gasteiger partial charge in [0.2, 0.25) is 0 Å². The topological polar surface area (TPSA) is 64.3 Å². The van der Waals surface area contributed by atoms with Crippen LogP contribution in [-0.2, 0) is 4.74 Å². The second-order valence-electron chi connectivity index (χ2n) is 4.57. The quantitative estimate of drug-likeness (QED) is 0.639. The van der Waals surface area contributed by atoms with E-state index in [0.29, 0.717) is 23.5 Å². The number of halogens is 1. The first-order valence-electron chi connectivity index (χ1n) is 6.61. The number of nitrogens with one attached hydrogen (secondary N) is 1. The molecule has 0 aromatic heterocycles. The molecular formula is C16H17BrN2O2. The number of hydrogen-bond acceptors (Lipinski definition) is 4. The van der Waals surface area contributed by atoms with Crippen molar-refractivity contribution in [1.82, 2.24) is 0 Å². The molecule has 0 bridgehead atoms. The Morgan fingerprint density at radius 2 is 2.05 bits per heavy atom. The number of hydrogen-bond donors (Lipinski definition) is 2. The molecule has 110 valence electrons. The third-order valence-corrected chi connectivity index (χ3v) is 3.55. The lowest BCUT2D eigenvalue weighted by Crippen LogP contribution is -2.09. The summed E-state index contributed by atoms with van der Waals surface area (Å²) in [5, 5.41) is 3.25. The molecule has 0 fully saturated rings. The minimum absolute atomic E-state index is 0.321. The summed E-state index contributed by atoms with van der Waals surface area (Å²) in [6.45, 7) is 4.08. The third kappa shape index (κ3) is 3.55. The van der Waals surface area contributed by atoms with Gasteiger partial charge < -0.3 is 15.8 Å². The van der Waals surface area contributed by atoms with Crippen LogP contribution in [0.4, 0.5) is 17.1 Å². The monoisotopic (exact) mass is 348 g/mol. The Hall–Kier alpha value is -2.01. The molecule has 0 saturated carbocycles. The SMILES string of the molecule is CCOC(=O)c1cccc(Nc2ccc(Br)cc2C)c1N. The van der Waals surface area contributed by atoms with Gasteiger partial charge in [-0.2, -0.15) is 0 Å². The molecule has 2 aromatic carbocycles. The second-order valence-corrected chi connectivity index (χ2v) is 5.49. The zero-order chi connectivity index (χ0) is 15.4. The number of carbonyl (C=O) groups excluding carboxylic acids is 1. The molecule has 3 N–H and O–H groups in total. The fourth-order valence-corrected chi connectivity index (χ4v) is 2.45. The Morgan fingerprint density at radius 1 is 1.29 bits per heavy atom. The van der Waals surface area contributed by atoms with Crippen molar-refractivity contribution in [1.29, 1.82) is 0 Å². The lowest BCUT2D eigenvalue weighted by atomic mass is 10.1. The van der Waals surface area contributed by atoms with Crippen molar-refractivity contribution in [3.8, 4) is 0 Å². The molecule has 0 spiro atoms. The summed E-state index contributed by atoms with van der Waals surface area (Å²) < 4.78 is 6.01. The van der Waals surface area contributed by atoms with E-state index in [2.05, 4.69) is 21.2 Å². The fraction of sp³-hybridized carbons (Fsp3) is 0.188. The highest BCUT2D eigenvalue weighted by Gasteiger charge is 2.13. The number of benzene rings is 2. The van der Waals surface area contributed by atoms with E-state index >= 15 is 0 Å². The van der Waals surface area contributed by atoms with Gasteiger partial charge in [-0.3, -0.25) is 0 Å². The van der Waals surface area contributed by atoms with Crippen molar-refractivity contribution in [2.24, 2.45) is 0 Å². The van der Waals surface area contributed by atoms with Crippen LogP contribution in [0.5, 0.6) is 0 Å². The van der Waals surface area contributed by atoms with Gasteiger partial charge in [-0.15, -0.1) is 0 Å². The van der Waals surface area contributed by atoms with Crippen molar-refractivity contribution < 1.29 is 9.53 Å². The Kier molecular flexibility index (Phi) is 4.85. The Labute approximate surface area is 132 Å². The number of aryl methyl sites for hydroxylation is 1. The first-order chi connectivity index (χ1) is 10.0. The van der Waals surface area contributed by atoms with E-state index in [1.54, 1.807) is 19.1 Å². The van der Waals surface area contributed by atoms with Crippen LogP contribution in [0.2, 0.25) is 0 Å². The number of ether oxygens (including phenoxy) is 1. The molecule has 21 heavy (non-hydrogen) atoms. The van der Waals surface area contributed by atoms with Crippen molar-refractivity contribution in [3.05, 3.63) is 52.0 Å². The molecule has 2 aromatic rings. The fourth-order valence-electron chi connectivity index (χ4n) is 1.97. The number of rotatable bonds is 4. The molecule has 0 heterocycles. The van der Waals surface area contributed by atoms with Crippen LogP contribution in [0.25, 0.3) is 0 Å². The first-order valence-corrected chi connectivity index (χ1v) is 7.41. The molecule has 0 atom stereocenters. The van der Waals surface area contributed by atoms with Crippen LogP contribution in [0.15, 0.2) is 40.9 Å². The van der Waals surface area contributed by atoms with E-state index < -0.39 is 5.97 Å². The number of nitrogens with two attached hydrogens (primary N) is 1. The summed E-state index contributed by atoms with van der Waals surface area (Å²) in [6, 6.07) is 11.2. The second kappa shape index (κ2) is 6.63. The number of esters is 1. The maximum absolute atomic E-state index is 11.8.